The molecule has 2 aromatic rings. The lowest BCUT2D eigenvalue weighted by atomic mass is 10.1. The summed E-state index contributed by atoms with van der Waals surface area (Å²) in [6.45, 7) is 0.938. The maximum absolute atomic E-state index is 12.7. The third-order valence-corrected chi connectivity index (χ3v) is 5.49. The second-order valence-electron chi connectivity index (χ2n) is 4.77. The topological polar surface area (TPSA) is 76.3 Å². The average Bonchev–Trinajstić information content (AvgIpc) is 2.52. The minimum atomic E-state index is -3.60. The van der Waals surface area contributed by atoms with Gasteiger partial charge in [-0.15, -0.1) is 0 Å². The number of nitrogens with two attached hydrogens (primary N) is 1. The summed E-state index contributed by atoms with van der Waals surface area (Å²) in [5, 5.41) is 0. The van der Waals surface area contributed by atoms with Gasteiger partial charge in [-0.2, -0.15) is 4.31 Å². The zero-order valence-electron chi connectivity index (χ0n) is 12.0. The van der Waals surface area contributed by atoms with Crippen LogP contribution < -0.4 is 5.73 Å². The number of hydrogen-bond acceptors (Lipinski definition) is 4. The van der Waals surface area contributed by atoms with Crippen LogP contribution in [0.15, 0.2) is 58.2 Å². The maximum atomic E-state index is 12.7. The number of nitrogens with zero attached hydrogens (tertiary/aromatic N) is 2. The van der Waals surface area contributed by atoms with E-state index in [0.717, 1.165) is 5.56 Å². The highest BCUT2D eigenvalue weighted by Gasteiger charge is 2.24. The van der Waals surface area contributed by atoms with Crippen LogP contribution in [0.3, 0.4) is 0 Å². The molecule has 5 nitrogen and oxygen atoms in total. The van der Waals surface area contributed by atoms with E-state index in [1.54, 1.807) is 12.3 Å². The average molecular weight is 384 g/mol. The molecule has 2 N–H and O–H groups in total. The summed E-state index contributed by atoms with van der Waals surface area (Å²) in [7, 11) is -3.60. The highest BCUT2D eigenvalue weighted by atomic mass is 79.9. The van der Waals surface area contributed by atoms with E-state index in [1.807, 2.05) is 30.3 Å². The molecule has 1 aromatic carbocycles. The molecule has 0 radical (unpaired) electrons. The van der Waals surface area contributed by atoms with Gasteiger partial charge in [-0.25, -0.2) is 8.42 Å². The number of pyridine rings is 1. The Morgan fingerprint density at radius 2 is 1.86 bits per heavy atom. The van der Waals surface area contributed by atoms with E-state index in [0.29, 0.717) is 17.4 Å². The maximum Gasteiger partial charge on any atom is 0.244 e. The van der Waals surface area contributed by atoms with E-state index < -0.39 is 10.0 Å². The van der Waals surface area contributed by atoms with Gasteiger partial charge in [0.05, 0.1) is 0 Å². The molecule has 0 fully saturated rings. The van der Waals surface area contributed by atoms with Crippen molar-refractivity contribution in [2.45, 2.75) is 11.3 Å². The Morgan fingerprint density at radius 1 is 1.14 bits per heavy atom. The standard InChI is InChI=1S/C15H18BrN3O2S/c16-14-10-15(12-18-11-14)22(20,21)19(9-7-17)8-6-13-4-2-1-3-5-13/h1-5,10-12H,6-9,17H2. The lowest BCUT2D eigenvalue weighted by Crippen LogP contribution is -2.37. The number of benzene rings is 1. The summed E-state index contributed by atoms with van der Waals surface area (Å²) in [4.78, 5) is 4.10. The van der Waals surface area contributed by atoms with Crippen molar-refractivity contribution in [1.82, 2.24) is 9.29 Å². The summed E-state index contributed by atoms with van der Waals surface area (Å²) < 4.78 is 27.4. The van der Waals surface area contributed by atoms with Crippen LogP contribution >= 0.6 is 15.9 Å². The van der Waals surface area contributed by atoms with Gasteiger partial charge in [0, 0.05) is 36.5 Å². The summed E-state index contributed by atoms with van der Waals surface area (Å²) in [5.74, 6) is 0. The molecule has 0 saturated heterocycles. The Morgan fingerprint density at radius 3 is 2.50 bits per heavy atom. The molecule has 0 bridgehead atoms. The van der Waals surface area contributed by atoms with Gasteiger partial charge in [-0.1, -0.05) is 30.3 Å². The fourth-order valence-corrected chi connectivity index (χ4v) is 4.04. The molecule has 22 heavy (non-hydrogen) atoms. The van der Waals surface area contributed by atoms with E-state index in [-0.39, 0.29) is 18.0 Å². The molecule has 0 aliphatic carbocycles. The Kier molecular flexibility index (Phi) is 6.07. The highest BCUT2D eigenvalue weighted by Crippen LogP contribution is 2.19. The minimum Gasteiger partial charge on any atom is -0.329 e. The minimum absolute atomic E-state index is 0.170. The molecular formula is C15H18BrN3O2S. The largest absolute Gasteiger partial charge is 0.329 e. The van der Waals surface area contributed by atoms with E-state index >= 15 is 0 Å². The second kappa shape index (κ2) is 7.82. The first kappa shape index (κ1) is 17.1. The van der Waals surface area contributed by atoms with Crippen LogP contribution in [0.1, 0.15) is 5.56 Å². The molecule has 0 amide bonds. The van der Waals surface area contributed by atoms with Gasteiger partial charge in [0.2, 0.25) is 10.0 Å². The Balaban J connectivity index is 2.19. The molecular weight excluding hydrogens is 366 g/mol. The van der Waals surface area contributed by atoms with Crippen LogP contribution in [0.2, 0.25) is 0 Å². The van der Waals surface area contributed by atoms with Crippen molar-refractivity contribution in [2.75, 3.05) is 19.6 Å². The fourth-order valence-electron chi connectivity index (χ4n) is 2.08. The zero-order chi connectivity index (χ0) is 16.0. The first-order chi connectivity index (χ1) is 10.5. The monoisotopic (exact) mass is 383 g/mol. The Bertz CT molecular complexity index is 708. The van der Waals surface area contributed by atoms with E-state index in [1.165, 1.54) is 10.5 Å². The third-order valence-electron chi connectivity index (χ3n) is 3.19. The number of sulfonamides is 1. The van der Waals surface area contributed by atoms with Crippen LogP contribution in [-0.2, 0) is 16.4 Å². The normalized spacial score (nSPS) is 11.8. The van der Waals surface area contributed by atoms with E-state index in [4.69, 9.17) is 5.73 Å². The quantitative estimate of drug-likeness (QED) is 0.793. The van der Waals surface area contributed by atoms with Gasteiger partial charge in [0.25, 0.3) is 0 Å². The molecule has 2 rings (SSSR count). The molecule has 118 valence electrons. The van der Waals surface area contributed by atoms with Crippen molar-refractivity contribution >= 4 is 26.0 Å². The fraction of sp³-hybridized carbons (Fsp3) is 0.267. The van der Waals surface area contributed by atoms with Crippen LogP contribution in [-0.4, -0.2) is 37.3 Å². The molecule has 0 aliphatic heterocycles. The predicted octanol–water partition coefficient (Wildman–Crippen LogP) is 2.04. The molecule has 0 atom stereocenters. The van der Waals surface area contributed by atoms with E-state index in [9.17, 15) is 8.42 Å². The molecule has 7 heteroatoms. The smallest absolute Gasteiger partial charge is 0.244 e. The van der Waals surface area contributed by atoms with Crippen molar-refractivity contribution in [3.05, 3.63) is 58.8 Å². The van der Waals surface area contributed by atoms with Gasteiger partial charge >= 0.3 is 0 Å². The number of halogens is 1. The Labute approximate surface area is 139 Å². The molecule has 0 saturated carbocycles. The first-order valence-corrected chi connectivity index (χ1v) is 9.12. The van der Waals surface area contributed by atoms with Gasteiger partial charge < -0.3 is 5.73 Å². The van der Waals surface area contributed by atoms with Crippen molar-refractivity contribution in [2.24, 2.45) is 5.73 Å². The van der Waals surface area contributed by atoms with Crippen molar-refractivity contribution in [3.63, 3.8) is 0 Å². The van der Waals surface area contributed by atoms with Gasteiger partial charge in [-0.3, -0.25) is 4.98 Å². The summed E-state index contributed by atoms with van der Waals surface area (Å²) in [5.41, 5.74) is 6.66. The highest BCUT2D eigenvalue weighted by molar-refractivity contribution is 9.10. The van der Waals surface area contributed by atoms with Gasteiger partial charge in [0.15, 0.2) is 0 Å². The number of rotatable bonds is 7. The molecule has 1 heterocycles. The molecule has 0 spiro atoms. The molecule has 0 aliphatic rings. The molecule has 1 aromatic heterocycles. The zero-order valence-corrected chi connectivity index (χ0v) is 14.4. The molecule has 0 unspecified atom stereocenters. The first-order valence-electron chi connectivity index (χ1n) is 6.89. The van der Waals surface area contributed by atoms with Gasteiger partial charge in [-0.05, 0) is 34.0 Å². The summed E-state index contributed by atoms with van der Waals surface area (Å²) in [6.07, 6.45) is 3.55. The summed E-state index contributed by atoms with van der Waals surface area (Å²) >= 11 is 3.25. The second-order valence-corrected chi connectivity index (χ2v) is 7.62. The summed E-state index contributed by atoms with van der Waals surface area (Å²) in [6, 6.07) is 11.3. The van der Waals surface area contributed by atoms with E-state index in [2.05, 4.69) is 20.9 Å². The van der Waals surface area contributed by atoms with Gasteiger partial charge in [0.1, 0.15) is 4.90 Å². The lowest BCUT2D eigenvalue weighted by molar-refractivity contribution is 0.421. The van der Waals surface area contributed by atoms with Crippen molar-refractivity contribution < 1.29 is 8.42 Å². The van der Waals surface area contributed by atoms with Crippen LogP contribution in [0.25, 0.3) is 0 Å². The van der Waals surface area contributed by atoms with Crippen molar-refractivity contribution in [1.29, 1.82) is 0 Å². The SMILES string of the molecule is NCCN(CCc1ccccc1)S(=O)(=O)c1cncc(Br)c1. The predicted molar refractivity (Wildman–Crippen MR) is 89.9 cm³/mol. The van der Waals surface area contributed by atoms with Crippen LogP contribution in [0.4, 0.5) is 0 Å². The number of aromatic nitrogens is 1. The number of hydrogen-bond donors (Lipinski definition) is 1. The van der Waals surface area contributed by atoms with Crippen LogP contribution in [0, 0.1) is 0 Å². The van der Waals surface area contributed by atoms with Crippen molar-refractivity contribution in [3.8, 4) is 0 Å². The third kappa shape index (κ3) is 4.36. The Hall–Kier alpha value is -1.28. The lowest BCUT2D eigenvalue weighted by Gasteiger charge is -2.21. The van der Waals surface area contributed by atoms with Crippen LogP contribution in [0.5, 0.6) is 0 Å².